The van der Waals surface area contributed by atoms with Gasteiger partial charge in [0.15, 0.2) is 0 Å². The van der Waals surface area contributed by atoms with Crippen molar-refractivity contribution in [3.8, 4) is 0 Å². The van der Waals surface area contributed by atoms with E-state index in [-0.39, 0.29) is 0 Å². The lowest BCUT2D eigenvalue weighted by Gasteiger charge is -2.20. The van der Waals surface area contributed by atoms with Gasteiger partial charge in [-0.25, -0.2) is 0 Å². The summed E-state index contributed by atoms with van der Waals surface area (Å²) in [7, 11) is -3.25. The third-order valence-electron chi connectivity index (χ3n) is 3.39. The van der Waals surface area contributed by atoms with E-state index < -0.39 is 7.60 Å². The van der Waals surface area contributed by atoms with Crippen molar-refractivity contribution in [1.82, 2.24) is 0 Å². The van der Waals surface area contributed by atoms with Crippen molar-refractivity contribution in [2.24, 2.45) is 0 Å². The maximum atomic E-state index is 13.1. The smallest absolute Gasteiger partial charge is 0.305 e. The highest BCUT2D eigenvalue weighted by atomic mass is 31.2. The molecule has 124 valence electrons. The Kier molecular flexibility index (Phi) is 8.70. The molecule has 0 fully saturated rings. The normalized spacial score (nSPS) is 12.6. The van der Waals surface area contributed by atoms with Crippen LogP contribution in [-0.2, 0) is 13.6 Å². The van der Waals surface area contributed by atoms with E-state index in [2.05, 4.69) is 6.92 Å². The fourth-order valence-electron chi connectivity index (χ4n) is 2.26. The van der Waals surface area contributed by atoms with E-state index in [9.17, 15) is 4.57 Å². The van der Waals surface area contributed by atoms with Crippen molar-refractivity contribution < 1.29 is 13.6 Å². The van der Waals surface area contributed by atoms with Crippen LogP contribution in [-0.4, -0.2) is 13.2 Å². The van der Waals surface area contributed by atoms with E-state index in [1.54, 1.807) is 0 Å². The molecule has 22 heavy (non-hydrogen) atoms. The molecular weight excluding hydrogens is 295 g/mol. The Morgan fingerprint density at radius 3 is 2.14 bits per heavy atom. The van der Waals surface area contributed by atoms with Gasteiger partial charge in [0.1, 0.15) is 0 Å². The Bertz CT molecular complexity index is 496. The van der Waals surface area contributed by atoms with Crippen molar-refractivity contribution in [3.05, 3.63) is 41.5 Å². The summed E-state index contributed by atoms with van der Waals surface area (Å²) in [6.45, 7) is 8.64. The standard InChI is InChI=1S/C18H29O3P/c1-5-8-9-10-11-18(17-14-12-16(4)13-15-17)22(19,20-6-2)21-7-3/h11-15H,5-10H2,1-4H3. The third-order valence-corrected chi connectivity index (χ3v) is 5.61. The Morgan fingerprint density at radius 2 is 1.64 bits per heavy atom. The van der Waals surface area contributed by atoms with Gasteiger partial charge in [-0.1, -0.05) is 55.7 Å². The van der Waals surface area contributed by atoms with Crippen LogP contribution in [0.4, 0.5) is 0 Å². The highest BCUT2D eigenvalue weighted by Crippen LogP contribution is 2.60. The van der Waals surface area contributed by atoms with Crippen LogP contribution in [0.25, 0.3) is 5.31 Å². The monoisotopic (exact) mass is 324 g/mol. The van der Waals surface area contributed by atoms with Gasteiger partial charge in [0.2, 0.25) is 0 Å². The van der Waals surface area contributed by atoms with Gasteiger partial charge >= 0.3 is 7.60 Å². The van der Waals surface area contributed by atoms with E-state index >= 15 is 0 Å². The number of hydrogen-bond donors (Lipinski definition) is 0. The zero-order valence-electron chi connectivity index (χ0n) is 14.3. The first kappa shape index (κ1) is 19.2. The van der Waals surface area contributed by atoms with Crippen molar-refractivity contribution in [3.63, 3.8) is 0 Å². The fraction of sp³-hybridized carbons (Fsp3) is 0.556. The molecule has 4 heteroatoms. The predicted molar refractivity (Wildman–Crippen MR) is 94.2 cm³/mol. The van der Waals surface area contributed by atoms with Crippen LogP contribution in [0.5, 0.6) is 0 Å². The Labute approximate surface area is 135 Å². The molecule has 0 radical (unpaired) electrons. The maximum Gasteiger partial charge on any atom is 0.361 e. The van der Waals surface area contributed by atoms with Gasteiger partial charge in [0, 0.05) is 0 Å². The zero-order chi connectivity index (χ0) is 16.4. The molecular formula is C18H29O3P. The molecule has 3 nitrogen and oxygen atoms in total. The van der Waals surface area contributed by atoms with Crippen LogP contribution >= 0.6 is 7.60 Å². The summed E-state index contributed by atoms with van der Waals surface area (Å²) in [4.78, 5) is 0. The lowest BCUT2D eigenvalue weighted by molar-refractivity contribution is 0.230. The van der Waals surface area contributed by atoms with Crippen molar-refractivity contribution in [2.45, 2.75) is 53.4 Å². The van der Waals surface area contributed by atoms with E-state index in [0.29, 0.717) is 18.5 Å². The van der Waals surface area contributed by atoms with Gasteiger partial charge in [-0.3, -0.25) is 4.57 Å². The number of benzene rings is 1. The zero-order valence-corrected chi connectivity index (χ0v) is 15.2. The molecule has 0 aliphatic heterocycles. The molecule has 0 saturated carbocycles. The van der Waals surface area contributed by atoms with Crippen molar-refractivity contribution >= 4 is 12.9 Å². The van der Waals surface area contributed by atoms with Crippen LogP contribution in [0, 0.1) is 6.92 Å². The predicted octanol–water partition coefficient (Wildman–Crippen LogP) is 6.18. The van der Waals surface area contributed by atoms with E-state index in [4.69, 9.17) is 9.05 Å². The third kappa shape index (κ3) is 5.72. The van der Waals surface area contributed by atoms with Gasteiger partial charge in [-0.15, -0.1) is 0 Å². The molecule has 0 saturated heterocycles. The van der Waals surface area contributed by atoms with Gasteiger partial charge in [-0.2, -0.15) is 0 Å². The summed E-state index contributed by atoms with van der Waals surface area (Å²) in [5.74, 6) is 0. The Balaban J connectivity index is 3.13. The minimum atomic E-state index is -3.25. The summed E-state index contributed by atoms with van der Waals surface area (Å²) in [6.07, 6.45) is 6.35. The summed E-state index contributed by atoms with van der Waals surface area (Å²) >= 11 is 0. The van der Waals surface area contributed by atoms with Gasteiger partial charge in [-0.05, 0) is 39.2 Å². The van der Waals surface area contributed by atoms with Crippen LogP contribution < -0.4 is 0 Å². The Hall–Kier alpha value is -0.890. The average Bonchev–Trinajstić information content (AvgIpc) is 2.49. The molecule has 0 atom stereocenters. The minimum absolute atomic E-state index is 0.370. The van der Waals surface area contributed by atoms with Crippen molar-refractivity contribution in [2.75, 3.05) is 13.2 Å². The summed E-state index contributed by atoms with van der Waals surface area (Å²) in [6, 6.07) is 8.03. The average molecular weight is 324 g/mol. The molecule has 0 amide bonds. The second-order valence-corrected chi connectivity index (χ2v) is 7.28. The van der Waals surface area contributed by atoms with Crippen LogP contribution in [0.15, 0.2) is 30.3 Å². The maximum absolute atomic E-state index is 13.1. The number of allylic oxidation sites excluding steroid dienone is 1. The quantitative estimate of drug-likeness (QED) is 0.380. The van der Waals surface area contributed by atoms with E-state index in [1.165, 1.54) is 18.4 Å². The second-order valence-electron chi connectivity index (χ2n) is 5.28. The molecule has 1 aromatic rings. The van der Waals surface area contributed by atoms with Crippen molar-refractivity contribution in [1.29, 1.82) is 0 Å². The molecule has 1 aromatic carbocycles. The topological polar surface area (TPSA) is 35.5 Å². The lowest BCUT2D eigenvalue weighted by Crippen LogP contribution is -1.99. The molecule has 0 N–H and O–H groups in total. The highest BCUT2D eigenvalue weighted by Gasteiger charge is 2.30. The summed E-state index contributed by atoms with van der Waals surface area (Å²) in [5.41, 5.74) is 2.10. The van der Waals surface area contributed by atoms with Crippen LogP contribution in [0.1, 0.15) is 57.6 Å². The summed E-state index contributed by atoms with van der Waals surface area (Å²) in [5, 5.41) is 0.701. The number of hydrogen-bond acceptors (Lipinski definition) is 3. The first-order chi connectivity index (χ1) is 10.6. The largest absolute Gasteiger partial charge is 0.361 e. The molecule has 0 unspecified atom stereocenters. The molecule has 0 aliphatic carbocycles. The second kappa shape index (κ2) is 9.99. The first-order valence-electron chi connectivity index (χ1n) is 8.24. The highest BCUT2D eigenvalue weighted by molar-refractivity contribution is 7.65. The molecule has 0 bridgehead atoms. The number of aryl methyl sites for hydroxylation is 1. The van der Waals surface area contributed by atoms with Crippen LogP contribution in [0.3, 0.4) is 0 Å². The SMILES string of the molecule is CCCCCC=C(c1ccc(C)cc1)P(=O)(OCC)OCC. The van der Waals surface area contributed by atoms with Gasteiger partial charge < -0.3 is 9.05 Å². The Morgan fingerprint density at radius 1 is 1.05 bits per heavy atom. The number of unbranched alkanes of at least 4 members (excludes halogenated alkanes) is 3. The number of rotatable bonds is 10. The molecule has 0 spiro atoms. The molecule has 1 rings (SSSR count). The fourth-order valence-corrected chi connectivity index (χ4v) is 4.11. The van der Waals surface area contributed by atoms with Gasteiger partial charge in [0.25, 0.3) is 0 Å². The summed E-state index contributed by atoms with van der Waals surface area (Å²) < 4.78 is 24.2. The molecule has 0 aliphatic rings. The van der Waals surface area contributed by atoms with E-state index in [0.717, 1.165) is 18.4 Å². The van der Waals surface area contributed by atoms with Crippen LogP contribution in [0.2, 0.25) is 0 Å². The van der Waals surface area contributed by atoms with E-state index in [1.807, 2.05) is 51.1 Å². The first-order valence-corrected chi connectivity index (χ1v) is 9.78. The van der Waals surface area contributed by atoms with Gasteiger partial charge in [0.05, 0.1) is 18.5 Å². The lowest BCUT2D eigenvalue weighted by atomic mass is 10.1. The minimum Gasteiger partial charge on any atom is -0.305 e. The molecule has 0 aromatic heterocycles. The molecule has 0 heterocycles.